The number of aromatic hydroxyl groups is 1. The molecule has 1 unspecified atom stereocenters. The van der Waals surface area contributed by atoms with Crippen LogP contribution in [0.15, 0.2) is 41.0 Å². The van der Waals surface area contributed by atoms with Gasteiger partial charge in [-0.15, -0.1) is 0 Å². The number of rotatable bonds is 10. The van der Waals surface area contributed by atoms with E-state index in [4.69, 9.17) is 18.6 Å². The van der Waals surface area contributed by atoms with Crippen LogP contribution in [0.3, 0.4) is 0 Å². The maximum absolute atomic E-state index is 11.3. The minimum absolute atomic E-state index is 0.212. The molecule has 0 amide bonds. The maximum atomic E-state index is 11.3. The fraction of sp³-hybridized carbons (Fsp3) is 0.481. The molecule has 7 nitrogen and oxygen atoms in total. The molecule has 1 atom stereocenters. The number of methoxy groups -OCH3 is 2. The molecule has 2 heterocycles. The molecule has 2 N–H and O–H groups in total. The number of phenolic OH excluding ortho intramolecular Hbond substituents is 1. The molecule has 4 rings (SSSR count). The summed E-state index contributed by atoms with van der Waals surface area (Å²) in [5, 5.41) is 21.8. The average molecular weight is 470 g/mol. The third kappa shape index (κ3) is 5.42. The van der Waals surface area contributed by atoms with Crippen molar-refractivity contribution in [2.75, 3.05) is 40.5 Å². The van der Waals surface area contributed by atoms with Crippen LogP contribution in [0.5, 0.6) is 23.0 Å². The van der Waals surface area contributed by atoms with E-state index in [-0.39, 0.29) is 5.75 Å². The van der Waals surface area contributed by atoms with Crippen LogP contribution in [-0.4, -0.2) is 55.6 Å². The molecule has 0 aliphatic carbocycles. The van der Waals surface area contributed by atoms with Gasteiger partial charge < -0.3 is 28.8 Å². The lowest BCUT2D eigenvalue weighted by Gasteiger charge is -2.24. The summed E-state index contributed by atoms with van der Waals surface area (Å²) < 4.78 is 23.5. The Hall–Kier alpha value is -2.90. The Balaban J connectivity index is 1.62. The Morgan fingerprint density at radius 1 is 1.00 bits per heavy atom. The molecule has 1 fully saturated rings. The minimum atomic E-state index is -0.862. The normalized spacial score (nSPS) is 15.7. The number of hydrogen-bond acceptors (Lipinski definition) is 7. The third-order valence-electron chi connectivity index (χ3n) is 6.52. The van der Waals surface area contributed by atoms with Gasteiger partial charge in [0.2, 0.25) is 5.75 Å². The monoisotopic (exact) mass is 469 g/mol. The van der Waals surface area contributed by atoms with Crippen LogP contribution in [0.2, 0.25) is 0 Å². The number of nitrogens with zero attached hydrogens (tertiary/aromatic N) is 1. The zero-order chi connectivity index (χ0) is 23.9. The van der Waals surface area contributed by atoms with Gasteiger partial charge >= 0.3 is 0 Å². The zero-order valence-corrected chi connectivity index (χ0v) is 20.1. The quantitative estimate of drug-likeness (QED) is 0.428. The lowest BCUT2D eigenvalue weighted by Crippen LogP contribution is -2.29. The fourth-order valence-electron chi connectivity index (χ4n) is 4.79. The number of hydrogen-bond donors (Lipinski definition) is 2. The maximum Gasteiger partial charge on any atom is 0.205 e. The number of aliphatic hydroxyl groups excluding tert-OH is 1. The van der Waals surface area contributed by atoms with Crippen molar-refractivity contribution in [2.45, 2.75) is 44.6 Å². The van der Waals surface area contributed by atoms with E-state index < -0.39 is 6.10 Å². The van der Waals surface area contributed by atoms with Crippen molar-refractivity contribution >= 4 is 11.0 Å². The summed E-state index contributed by atoms with van der Waals surface area (Å²) in [5.41, 5.74) is 2.04. The Morgan fingerprint density at radius 2 is 1.76 bits per heavy atom. The number of likely N-dealkylation sites (tertiary alicyclic amines) is 1. The third-order valence-corrected chi connectivity index (χ3v) is 6.52. The lowest BCUT2D eigenvalue weighted by molar-refractivity contribution is 0.152. The van der Waals surface area contributed by atoms with Crippen LogP contribution in [0.1, 0.15) is 49.3 Å². The van der Waals surface area contributed by atoms with Crippen LogP contribution >= 0.6 is 0 Å². The number of benzene rings is 2. The van der Waals surface area contributed by atoms with Crippen LogP contribution in [0.25, 0.3) is 11.0 Å². The van der Waals surface area contributed by atoms with Gasteiger partial charge in [-0.3, -0.25) is 4.90 Å². The Labute approximate surface area is 200 Å². The fourth-order valence-corrected chi connectivity index (χ4v) is 4.79. The highest BCUT2D eigenvalue weighted by Gasteiger charge is 2.29. The first-order valence-electron chi connectivity index (χ1n) is 12.1. The largest absolute Gasteiger partial charge is 0.508 e. The summed E-state index contributed by atoms with van der Waals surface area (Å²) in [5.74, 6) is 1.66. The minimum Gasteiger partial charge on any atom is -0.508 e. The van der Waals surface area contributed by atoms with Crippen LogP contribution in [0.4, 0.5) is 0 Å². The van der Waals surface area contributed by atoms with Crippen molar-refractivity contribution in [2.24, 2.45) is 0 Å². The summed E-state index contributed by atoms with van der Waals surface area (Å²) in [6.45, 7) is 3.44. The summed E-state index contributed by atoms with van der Waals surface area (Å²) in [4.78, 5) is 2.43. The lowest BCUT2D eigenvalue weighted by atomic mass is 9.97. The zero-order valence-electron chi connectivity index (χ0n) is 20.1. The van der Waals surface area contributed by atoms with Gasteiger partial charge in [-0.2, -0.15) is 0 Å². The first kappa shape index (κ1) is 24.2. The number of aliphatic hydroxyl groups is 1. The number of aryl methyl sites for hydroxylation is 1. The average Bonchev–Trinajstić information content (AvgIpc) is 3.18. The molecule has 1 aromatic heterocycles. The number of furan rings is 1. The van der Waals surface area contributed by atoms with Gasteiger partial charge in [0, 0.05) is 6.54 Å². The van der Waals surface area contributed by atoms with E-state index in [1.165, 1.54) is 25.7 Å². The summed E-state index contributed by atoms with van der Waals surface area (Å²) in [7, 11) is 3.16. The molecular weight excluding hydrogens is 434 g/mol. The molecule has 0 spiro atoms. The number of phenols is 1. The van der Waals surface area contributed by atoms with Crippen LogP contribution < -0.4 is 14.2 Å². The summed E-state index contributed by atoms with van der Waals surface area (Å²) >= 11 is 0. The summed E-state index contributed by atoms with van der Waals surface area (Å²) in [6.07, 6.45) is 6.73. The summed E-state index contributed by atoms with van der Waals surface area (Å²) in [6, 6.07) is 8.89. The van der Waals surface area contributed by atoms with E-state index in [0.717, 1.165) is 30.6 Å². The van der Waals surface area contributed by atoms with Gasteiger partial charge in [0.05, 0.1) is 37.5 Å². The van der Waals surface area contributed by atoms with Crippen molar-refractivity contribution in [3.05, 3.63) is 47.7 Å². The van der Waals surface area contributed by atoms with Gasteiger partial charge in [-0.1, -0.05) is 25.0 Å². The van der Waals surface area contributed by atoms with E-state index >= 15 is 0 Å². The molecule has 1 aliphatic heterocycles. The molecule has 0 radical (unpaired) electrons. The predicted octanol–water partition coefficient (Wildman–Crippen LogP) is 5.08. The van der Waals surface area contributed by atoms with Gasteiger partial charge in [0.1, 0.15) is 18.1 Å². The molecule has 0 saturated carbocycles. The van der Waals surface area contributed by atoms with E-state index in [0.29, 0.717) is 47.8 Å². The van der Waals surface area contributed by atoms with Crippen molar-refractivity contribution in [1.29, 1.82) is 0 Å². The van der Waals surface area contributed by atoms with Gasteiger partial charge in [-0.05, 0) is 62.5 Å². The van der Waals surface area contributed by atoms with Gasteiger partial charge in [-0.25, -0.2) is 0 Å². The topological polar surface area (TPSA) is 84.5 Å². The van der Waals surface area contributed by atoms with E-state index in [1.807, 2.05) is 12.1 Å². The van der Waals surface area contributed by atoms with Crippen molar-refractivity contribution < 1.29 is 28.8 Å². The highest BCUT2D eigenvalue weighted by atomic mass is 16.5. The molecule has 2 aromatic carbocycles. The highest BCUT2D eigenvalue weighted by Crippen LogP contribution is 2.49. The molecule has 34 heavy (non-hydrogen) atoms. The van der Waals surface area contributed by atoms with E-state index in [2.05, 4.69) is 4.90 Å². The Morgan fingerprint density at radius 3 is 2.47 bits per heavy atom. The van der Waals surface area contributed by atoms with E-state index in [9.17, 15) is 10.2 Å². The van der Waals surface area contributed by atoms with Crippen LogP contribution in [0, 0.1) is 0 Å². The predicted molar refractivity (Wildman–Crippen MR) is 131 cm³/mol. The second-order valence-electron chi connectivity index (χ2n) is 8.80. The van der Waals surface area contributed by atoms with Crippen molar-refractivity contribution in [3.8, 4) is 23.0 Å². The molecule has 1 aliphatic rings. The molecule has 1 saturated heterocycles. The van der Waals surface area contributed by atoms with Crippen molar-refractivity contribution in [3.63, 3.8) is 0 Å². The second-order valence-corrected chi connectivity index (χ2v) is 8.80. The molecule has 184 valence electrons. The van der Waals surface area contributed by atoms with Crippen molar-refractivity contribution in [1.82, 2.24) is 4.90 Å². The van der Waals surface area contributed by atoms with Gasteiger partial charge in [0.15, 0.2) is 11.3 Å². The van der Waals surface area contributed by atoms with Gasteiger partial charge in [0.25, 0.3) is 0 Å². The first-order chi connectivity index (χ1) is 16.6. The molecule has 3 aromatic rings. The SMILES string of the molecule is COc1c(C(O)CCc2cccc(O)c2)c(OCCN2CCCCCC2)c(OC)c2occc12. The second kappa shape index (κ2) is 11.5. The van der Waals surface area contributed by atoms with E-state index in [1.54, 1.807) is 38.7 Å². The molecule has 0 bridgehead atoms. The number of ether oxygens (including phenoxy) is 3. The molecule has 7 heteroatoms. The first-order valence-corrected chi connectivity index (χ1v) is 12.1. The Kier molecular flexibility index (Phi) is 8.19. The smallest absolute Gasteiger partial charge is 0.205 e. The Bertz CT molecular complexity index is 1070. The standard InChI is InChI=1S/C27H35NO6/c1-31-24-21-12-16-33-25(21)27(32-2)26(34-17-15-28-13-5-3-4-6-14-28)23(24)22(30)11-10-19-8-7-9-20(29)18-19/h7-9,12,16,18,22,29-30H,3-6,10-11,13-15,17H2,1-2H3. The highest BCUT2D eigenvalue weighted by molar-refractivity contribution is 5.93. The molecular formula is C27H35NO6. The number of fused-ring (bicyclic) bond motifs is 1. The van der Waals surface area contributed by atoms with Crippen LogP contribution in [-0.2, 0) is 6.42 Å².